The van der Waals surface area contributed by atoms with Crippen molar-refractivity contribution in [3.63, 3.8) is 0 Å². The molecule has 2 amide bonds. The molecule has 1 aromatic carbocycles. The van der Waals surface area contributed by atoms with Gasteiger partial charge in [-0.05, 0) is 25.1 Å². The summed E-state index contributed by atoms with van der Waals surface area (Å²) in [5.74, 6) is -1.28. The zero-order valence-electron chi connectivity index (χ0n) is 11.2. The number of epoxide rings is 1. The van der Waals surface area contributed by atoms with Gasteiger partial charge in [0, 0.05) is 0 Å². The Kier molecular flexibility index (Phi) is 3.03. The molecular formula is C13H13NO6S. The predicted octanol–water partition coefficient (Wildman–Crippen LogP) is -0.347. The number of carbonyl (C=O) groups excluding carboxylic acids is 2. The summed E-state index contributed by atoms with van der Waals surface area (Å²) in [5.41, 5.74) is 0. The molecule has 8 heteroatoms. The van der Waals surface area contributed by atoms with Crippen LogP contribution < -0.4 is 10.1 Å². The van der Waals surface area contributed by atoms with Gasteiger partial charge in [0.1, 0.15) is 18.5 Å². The van der Waals surface area contributed by atoms with E-state index in [1.807, 2.05) is 5.32 Å². The van der Waals surface area contributed by atoms with Gasteiger partial charge in [-0.1, -0.05) is 6.07 Å². The van der Waals surface area contributed by atoms with Crippen molar-refractivity contribution in [2.24, 2.45) is 0 Å². The number of imide groups is 1. The van der Waals surface area contributed by atoms with E-state index in [1.54, 1.807) is 6.07 Å². The molecule has 3 rings (SSSR count). The lowest BCUT2D eigenvalue weighted by molar-refractivity contribution is -0.144. The van der Waals surface area contributed by atoms with Gasteiger partial charge in [-0.15, -0.1) is 0 Å². The van der Waals surface area contributed by atoms with E-state index in [0.717, 1.165) is 6.92 Å². The lowest BCUT2D eigenvalue weighted by Gasteiger charge is -2.34. The molecule has 1 aromatic rings. The average Bonchev–Trinajstić information content (AvgIpc) is 3.29. The smallest absolute Gasteiger partial charge is 0.257 e. The van der Waals surface area contributed by atoms with Gasteiger partial charge in [-0.2, -0.15) is 0 Å². The van der Waals surface area contributed by atoms with E-state index in [2.05, 4.69) is 0 Å². The number of β-lactam (4-membered cyclic amide) rings is 2. The Bertz CT molecular complexity index is 708. The number of rotatable bonds is 5. The molecule has 21 heavy (non-hydrogen) atoms. The van der Waals surface area contributed by atoms with E-state index in [-0.39, 0.29) is 11.0 Å². The van der Waals surface area contributed by atoms with Crippen LogP contribution in [0, 0.1) is 0 Å². The van der Waals surface area contributed by atoms with Crippen LogP contribution in [0.4, 0.5) is 0 Å². The summed E-state index contributed by atoms with van der Waals surface area (Å²) in [6, 6.07) is 5.74. The fourth-order valence-corrected chi connectivity index (χ4v) is 3.54. The van der Waals surface area contributed by atoms with Crippen LogP contribution in [0.1, 0.15) is 6.92 Å². The maximum Gasteiger partial charge on any atom is 0.257 e. The first-order chi connectivity index (χ1) is 9.85. The quantitative estimate of drug-likeness (QED) is 0.453. The monoisotopic (exact) mass is 311 g/mol. The lowest BCUT2D eigenvalue weighted by Crippen LogP contribution is -2.71. The minimum absolute atomic E-state index is 0.0433. The largest absolute Gasteiger partial charge is 0.491 e. The Labute approximate surface area is 121 Å². The molecule has 0 radical (unpaired) electrons. The molecule has 2 fully saturated rings. The van der Waals surface area contributed by atoms with Crippen LogP contribution in [0.5, 0.6) is 5.75 Å². The van der Waals surface area contributed by atoms with Gasteiger partial charge < -0.3 is 9.47 Å². The van der Waals surface area contributed by atoms with Gasteiger partial charge in [0.25, 0.3) is 11.8 Å². The summed E-state index contributed by atoms with van der Waals surface area (Å²) >= 11 is 0. The summed E-state index contributed by atoms with van der Waals surface area (Å²) in [7, 11) is -4.12. The third kappa shape index (κ3) is 2.11. The molecular weight excluding hydrogens is 298 g/mol. The van der Waals surface area contributed by atoms with E-state index < -0.39 is 26.4 Å². The first kappa shape index (κ1) is 14.0. The molecule has 0 spiro atoms. The zero-order valence-corrected chi connectivity index (χ0v) is 12.0. The molecule has 2 aliphatic heterocycles. The number of benzene rings is 1. The second-order valence-electron chi connectivity index (χ2n) is 5.06. The number of hydrogen-bond acceptors (Lipinski definition) is 6. The molecule has 1 N–H and O–H groups in total. The molecule has 0 bridgehead atoms. The predicted molar refractivity (Wildman–Crippen MR) is 70.4 cm³/mol. The Hall–Kier alpha value is -1.93. The van der Waals surface area contributed by atoms with E-state index in [4.69, 9.17) is 9.47 Å². The Morgan fingerprint density at radius 3 is 2.62 bits per heavy atom. The van der Waals surface area contributed by atoms with Crippen LogP contribution in [0.2, 0.25) is 0 Å². The fraction of sp³-hybridized carbons (Fsp3) is 0.385. The average molecular weight is 311 g/mol. The number of sulfone groups is 1. The Balaban J connectivity index is 1.90. The third-order valence-corrected chi connectivity index (χ3v) is 5.91. The van der Waals surface area contributed by atoms with Gasteiger partial charge in [0.15, 0.2) is 0 Å². The van der Waals surface area contributed by atoms with Gasteiger partial charge >= 0.3 is 0 Å². The summed E-state index contributed by atoms with van der Waals surface area (Å²) in [6.07, 6.45) is 0.0433. The van der Waals surface area contributed by atoms with Crippen molar-refractivity contribution in [1.82, 2.24) is 5.32 Å². The van der Waals surface area contributed by atoms with Gasteiger partial charge in [-0.3, -0.25) is 14.9 Å². The summed E-state index contributed by atoms with van der Waals surface area (Å²) in [5, 5.41) is 1.93. The molecule has 7 nitrogen and oxygen atoms in total. The Morgan fingerprint density at radius 2 is 2.05 bits per heavy atom. The van der Waals surface area contributed by atoms with Crippen LogP contribution in [0.25, 0.3) is 0 Å². The highest BCUT2D eigenvalue weighted by molar-refractivity contribution is 7.94. The van der Waals surface area contributed by atoms with Crippen molar-refractivity contribution in [2.45, 2.75) is 22.7 Å². The van der Waals surface area contributed by atoms with Crippen LogP contribution in [0.15, 0.2) is 29.2 Å². The first-order valence-electron chi connectivity index (χ1n) is 6.30. The third-order valence-electron chi connectivity index (χ3n) is 3.59. The molecule has 2 heterocycles. The molecule has 2 saturated heterocycles. The van der Waals surface area contributed by atoms with Crippen LogP contribution in [0.3, 0.4) is 0 Å². The van der Waals surface area contributed by atoms with Crippen molar-refractivity contribution < 1.29 is 27.5 Å². The number of hydrogen-bond donors (Lipinski definition) is 1. The number of amides is 2. The second kappa shape index (κ2) is 4.54. The van der Waals surface area contributed by atoms with Gasteiger partial charge in [0.05, 0.1) is 11.5 Å². The van der Waals surface area contributed by atoms with Crippen LogP contribution in [-0.4, -0.2) is 44.3 Å². The highest BCUT2D eigenvalue weighted by Crippen LogP contribution is 2.32. The highest BCUT2D eigenvalue weighted by atomic mass is 32.2. The SMILES string of the molecule is CC1(S(=O)(=O)c2cccc(OCC3CO3)c2)C(=O)NC1=O. The van der Waals surface area contributed by atoms with Gasteiger partial charge in [0.2, 0.25) is 14.6 Å². The molecule has 0 aromatic heterocycles. The van der Waals surface area contributed by atoms with E-state index in [1.165, 1.54) is 18.2 Å². The molecule has 0 saturated carbocycles. The summed E-state index contributed by atoms with van der Waals surface area (Å²) < 4.78 is 33.3. The van der Waals surface area contributed by atoms with E-state index >= 15 is 0 Å². The number of ether oxygens (including phenoxy) is 2. The fourth-order valence-electron chi connectivity index (χ4n) is 1.95. The molecule has 1 unspecified atom stereocenters. The maximum atomic E-state index is 12.5. The highest BCUT2D eigenvalue weighted by Gasteiger charge is 2.61. The standard InChI is InChI=1S/C13H13NO6S/c1-13(11(15)14-12(13)16)21(17,18)10-4-2-3-8(5-10)19-6-9-7-20-9/h2-5,9H,6-7H2,1H3,(H,14,15,16). The van der Waals surface area contributed by atoms with Crippen LogP contribution in [-0.2, 0) is 24.2 Å². The van der Waals surface area contributed by atoms with E-state index in [9.17, 15) is 18.0 Å². The van der Waals surface area contributed by atoms with Crippen molar-refractivity contribution >= 4 is 21.7 Å². The normalized spacial score (nSPS) is 23.2. The first-order valence-corrected chi connectivity index (χ1v) is 7.79. The van der Waals surface area contributed by atoms with Crippen molar-refractivity contribution in [3.8, 4) is 5.75 Å². The zero-order chi connectivity index (χ0) is 15.3. The van der Waals surface area contributed by atoms with Crippen molar-refractivity contribution in [1.29, 1.82) is 0 Å². The van der Waals surface area contributed by atoms with Gasteiger partial charge in [-0.25, -0.2) is 8.42 Å². The summed E-state index contributed by atoms with van der Waals surface area (Å²) in [4.78, 5) is 22.9. The minimum Gasteiger partial charge on any atom is -0.491 e. The van der Waals surface area contributed by atoms with Crippen molar-refractivity contribution in [3.05, 3.63) is 24.3 Å². The number of carbonyl (C=O) groups is 2. The molecule has 112 valence electrons. The minimum atomic E-state index is -4.12. The molecule has 2 aliphatic rings. The van der Waals surface area contributed by atoms with Crippen LogP contribution >= 0.6 is 0 Å². The van der Waals surface area contributed by atoms with Crippen molar-refractivity contribution in [2.75, 3.05) is 13.2 Å². The summed E-state index contributed by atoms with van der Waals surface area (Å²) in [6.45, 7) is 2.07. The maximum absolute atomic E-state index is 12.5. The molecule has 1 atom stereocenters. The number of nitrogens with one attached hydrogen (secondary N) is 1. The topological polar surface area (TPSA) is 102 Å². The second-order valence-corrected chi connectivity index (χ2v) is 7.36. The lowest BCUT2D eigenvalue weighted by atomic mass is 10.0. The molecule has 0 aliphatic carbocycles. The van der Waals surface area contributed by atoms with E-state index in [0.29, 0.717) is 19.0 Å². The Morgan fingerprint density at radius 1 is 1.38 bits per heavy atom.